The predicted molar refractivity (Wildman–Crippen MR) is 117 cm³/mol. The summed E-state index contributed by atoms with van der Waals surface area (Å²) in [5.74, 6) is 1.26. The number of hydrogen-bond donors (Lipinski definition) is 2. The lowest BCUT2D eigenvalue weighted by Crippen LogP contribution is -2.65. The van der Waals surface area contributed by atoms with Crippen molar-refractivity contribution >= 4 is 11.8 Å². The van der Waals surface area contributed by atoms with Gasteiger partial charge in [0.2, 0.25) is 11.8 Å². The zero-order valence-corrected chi connectivity index (χ0v) is 17.6. The van der Waals surface area contributed by atoms with E-state index in [1.165, 1.54) is 6.42 Å². The quantitative estimate of drug-likeness (QED) is 0.780. The molecule has 0 heterocycles. The SMILES string of the molecule is CC(=O)NC12CC3CC(C1)CC(C(=O)NC(c1ccccc1)c1ccccc1)(C3)C2. The van der Waals surface area contributed by atoms with E-state index in [0.717, 1.165) is 43.2 Å². The Morgan fingerprint density at radius 3 is 1.90 bits per heavy atom. The second-order valence-electron chi connectivity index (χ2n) is 9.93. The Hall–Kier alpha value is -2.62. The molecular weight excluding hydrogens is 372 g/mol. The molecule has 4 heteroatoms. The summed E-state index contributed by atoms with van der Waals surface area (Å²) in [5, 5.41) is 6.69. The van der Waals surface area contributed by atoms with Crippen molar-refractivity contribution in [2.24, 2.45) is 17.3 Å². The van der Waals surface area contributed by atoms with Gasteiger partial charge in [-0.1, -0.05) is 60.7 Å². The fourth-order valence-corrected chi connectivity index (χ4v) is 6.98. The zero-order valence-electron chi connectivity index (χ0n) is 17.6. The van der Waals surface area contributed by atoms with Crippen LogP contribution in [0.2, 0.25) is 0 Å². The molecule has 6 rings (SSSR count). The van der Waals surface area contributed by atoms with Gasteiger partial charge < -0.3 is 10.6 Å². The first-order valence-electron chi connectivity index (χ1n) is 11.2. The molecule has 4 aliphatic carbocycles. The highest BCUT2D eigenvalue weighted by Crippen LogP contribution is 2.61. The van der Waals surface area contributed by atoms with Crippen LogP contribution < -0.4 is 10.6 Å². The Balaban J connectivity index is 1.45. The average molecular weight is 403 g/mol. The molecule has 2 unspecified atom stereocenters. The third-order valence-electron chi connectivity index (χ3n) is 7.53. The summed E-state index contributed by atoms with van der Waals surface area (Å²) in [6.45, 7) is 1.60. The van der Waals surface area contributed by atoms with E-state index in [1.54, 1.807) is 6.92 Å². The molecule has 0 aliphatic heterocycles. The molecule has 0 aromatic heterocycles. The molecule has 2 aromatic carbocycles. The van der Waals surface area contributed by atoms with E-state index < -0.39 is 0 Å². The van der Waals surface area contributed by atoms with Gasteiger partial charge in [0.1, 0.15) is 0 Å². The van der Waals surface area contributed by atoms with Gasteiger partial charge in [-0.05, 0) is 61.5 Å². The molecule has 0 saturated heterocycles. The van der Waals surface area contributed by atoms with Crippen LogP contribution in [0.4, 0.5) is 0 Å². The van der Waals surface area contributed by atoms with Crippen LogP contribution in [-0.4, -0.2) is 17.4 Å². The third kappa shape index (κ3) is 3.42. The summed E-state index contributed by atoms with van der Waals surface area (Å²) in [6.07, 6.45) is 5.93. The molecule has 4 fully saturated rings. The maximum absolute atomic E-state index is 13.9. The van der Waals surface area contributed by atoms with E-state index in [2.05, 4.69) is 34.9 Å². The molecule has 2 amide bonds. The summed E-state index contributed by atoms with van der Waals surface area (Å²) in [5.41, 5.74) is 1.63. The first-order chi connectivity index (χ1) is 14.5. The van der Waals surface area contributed by atoms with Crippen molar-refractivity contribution in [2.75, 3.05) is 0 Å². The monoisotopic (exact) mass is 402 g/mol. The van der Waals surface area contributed by atoms with Crippen molar-refractivity contribution < 1.29 is 9.59 Å². The molecule has 2 N–H and O–H groups in total. The lowest BCUT2D eigenvalue weighted by Gasteiger charge is -2.61. The minimum atomic E-state index is -0.367. The van der Waals surface area contributed by atoms with Crippen LogP contribution >= 0.6 is 0 Å². The van der Waals surface area contributed by atoms with Gasteiger partial charge in [0.05, 0.1) is 11.5 Å². The Morgan fingerprint density at radius 1 is 0.867 bits per heavy atom. The molecule has 4 bridgehead atoms. The molecular formula is C26H30N2O2. The summed E-state index contributed by atoms with van der Waals surface area (Å²) < 4.78 is 0. The number of rotatable bonds is 5. The van der Waals surface area contributed by atoms with E-state index in [4.69, 9.17) is 0 Å². The van der Waals surface area contributed by atoms with Crippen molar-refractivity contribution in [1.82, 2.24) is 10.6 Å². The van der Waals surface area contributed by atoms with Crippen LogP contribution in [0.1, 0.15) is 62.6 Å². The molecule has 0 spiro atoms. The van der Waals surface area contributed by atoms with Crippen molar-refractivity contribution in [3.8, 4) is 0 Å². The topological polar surface area (TPSA) is 58.2 Å². The van der Waals surface area contributed by atoms with Crippen LogP contribution in [0.15, 0.2) is 60.7 Å². The predicted octanol–water partition coefficient (Wildman–Crippen LogP) is 4.37. The fourth-order valence-electron chi connectivity index (χ4n) is 6.98. The zero-order chi connectivity index (χ0) is 20.8. The first kappa shape index (κ1) is 19.3. The number of hydrogen-bond acceptors (Lipinski definition) is 2. The summed E-state index contributed by atoms with van der Waals surface area (Å²) in [6, 6.07) is 20.3. The smallest absolute Gasteiger partial charge is 0.227 e. The summed E-state index contributed by atoms with van der Waals surface area (Å²) in [7, 11) is 0. The van der Waals surface area contributed by atoms with Gasteiger partial charge in [-0.2, -0.15) is 0 Å². The molecule has 156 valence electrons. The molecule has 4 nitrogen and oxygen atoms in total. The third-order valence-corrected chi connectivity index (χ3v) is 7.53. The van der Waals surface area contributed by atoms with E-state index in [0.29, 0.717) is 11.8 Å². The van der Waals surface area contributed by atoms with Gasteiger partial charge in [0, 0.05) is 12.5 Å². The lowest BCUT2D eigenvalue weighted by atomic mass is 9.46. The van der Waals surface area contributed by atoms with Crippen LogP contribution in [0.25, 0.3) is 0 Å². The highest BCUT2D eigenvalue weighted by molar-refractivity contribution is 5.84. The van der Waals surface area contributed by atoms with Crippen LogP contribution in [0.3, 0.4) is 0 Å². The van der Waals surface area contributed by atoms with E-state index in [1.807, 2.05) is 36.4 Å². The standard InChI is InChI=1S/C26H30N2O2/c1-18(29)28-26-15-19-12-20(16-26)14-25(13-19,17-26)24(30)27-23(21-8-4-2-5-9-21)22-10-6-3-7-11-22/h2-11,19-20,23H,12-17H2,1H3,(H,27,30)(H,28,29). The average Bonchev–Trinajstić information content (AvgIpc) is 2.71. The van der Waals surface area contributed by atoms with E-state index >= 15 is 0 Å². The molecule has 2 atom stereocenters. The van der Waals surface area contributed by atoms with Gasteiger partial charge >= 0.3 is 0 Å². The van der Waals surface area contributed by atoms with E-state index in [9.17, 15) is 9.59 Å². The maximum Gasteiger partial charge on any atom is 0.227 e. The van der Waals surface area contributed by atoms with Crippen molar-refractivity contribution in [1.29, 1.82) is 0 Å². The van der Waals surface area contributed by atoms with Crippen LogP contribution in [-0.2, 0) is 9.59 Å². The first-order valence-corrected chi connectivity index (χ1v) is 11.2. The molecule has 2 aromatic rings. The van der Waals surface area contributed by atoms with Crippen molar-refractivity contribution in [2.45, 2.75) is 57.0 Å². The second kappa shape index (κ2) is 7.26. The number of nitrogens with one attached hydrogen (secondary N) is 2. The van der Waals surface area contributed by atoms with Crippen LogP contribution in [0.5, 0.6) is 0 Å². The van der Waals surface area contributed by atoms with Gasteiger partial charge in [-0.15, -0.1) is 0 Å². The number of carbonyl (C=O) groups excluding carboxylic acids is 2. The molecule has 30 heavy (non-hydrogen) atoms. The maximum atomic E-state index is 13.9. The fraction of sp³-hybridized carbons (Fsp3) is 0.462. The number of carbonyl (C=O) groups is 2. The summed E-state index contributed by atoms with van der Waals surface area (Å²) in [4.78, 5) is 25.8. The van der Waals surface area contributed by atoms with Crippen LogP contribution in [0, 0.1) is 17.3 Å². The Labute approximate surface area is 178 Å². The number of benzene rings is 2. The van der Waals surface area contributed by atoms with Gasteiger partial charge in [-0.3, -0.25) is 9.59 Å². The molecule has 4 saturated carbocycles. The Morgan fingerprint density at radius 2 is 1.40 bits per heavy atom. The summed E-state index contributed by atoms with van der Waals surface area (Å²) >= 11 is 0. The highest BCUT2D eigenvalue weighted by Gasteiger charge is 2.61. The highest BCUT2D eigenvalue weighted by atomic mass is 16.2. The lowest BCUT2D eigenvalue weighted by molar-refractivity contribution is -0.153. The molecule has 4 aliphatic rings. The largest absolute Gasteiger partial charge is 0.351 e. The van der Waals surface area contributed by atoms with Gasteiger partial charge in [0.15, 0.2) is 0 Å². The minimum absolute atomic E-state index is 0.0268. The number of amides is 2. The van der Waals surface area contributed by atoms with Crippen molar-refractivity contribution in [3.63, 3.8) is 0 Å². The van der Waals surface area contributed by atoms with E-state index in [-0.39, 0.29) is 28.8 Å². The second-order valence-corrected chi connectivity index (χ2v) is 9.93. The molecule has 0 radical (unpaired) electrons. The van der Waals surface area contributed by atoms with Gasteiger partial charge in [0.25, 0.3) is 0 Å². The Kier molecular flexibility index (Phi) is 4.68. The Bertz CT molecular complexity index is 887. The minimum Gasteiger partial charge on any atom is -0.351 e. The van der Waals surface area contributed by atoms with Gasteiger partial charge in [-0.25, -0.2) is 0 Å². The normalized spacial score (nSPS) is 31.5. The van der Waals surface area contributed by atoms with Crippen molar-refractivity contribution in [3.05, 3.63) is 71.8 Å².